The monoisotopic (exact) mass is 304 g/mol. The lowest BCUT2D eigenvalue weighted by atomic mass is 9.94. The Morgan fingerprint density at radius 2 is 1.57 bits per heavy atom. The van der Waals surface area contributed by atoms with Crippen molar-refractivity contribution in [2.24, 2.45) is 0 Å². The lowest BCUT2D eigenvalue weighted by Crippen LogP contribution is -2.22. The quantitative estimate of drug-likeness (QED) is 0.723. The minimum absolute atomic E-state index is 1.00. The van der Waals surface area contributed by atoms with Gasteiger partial charge in [-0.2, -0.15) is 0 Å². The number of hydrogen-bond acceptors (Lipinski definition) is 2. The Morgan fingerprint density at radius 1 is 0.957 bits per heavy atom. The predicted molar refractivity (Wildman–Crippen MR) is 97.6 cm³/mol. The molecule has 0 atom stereocenters. The maximum Gasteiger partial charge on any atom is 0.217 e. The Balaban J connectivity index is 1.87. The van der Waals surface area contributed by atoms with Crippen LogP contribution in [0.5, 0.6) is 0 Å². The molecule has 1 heterocycles. The second-order valence-electron chi connectivity index (χ2n) is 6.71. The van der Waals surface area contributed by atoms with Crippen LogP contribution in [-0.2, 0) is 0 Å². The lowest BCUT2D eigenvalue weighted by Gasteiger charge is -2.28. The molecule has 0 amide bonds. The summed E-state index contributed by atoms with van der Waals surface area (Å²) < 4.78 is 0. The molecule has 0 spiro atoms. The van der Waals surface area contributed by atoms with Gasteiger partial charge in [0.2, 0.25) is 6.67 Å². The van der Waals surface area contributed by atoms with Crippen molar-refractivity contribution in [3.05, 3.63) is 83.0 Å². The third kappa shape index (κ3) is 2.86. The van der Waals surface area contributed by atoms with Crippen molar-refractivity contribution in [1.29, 1.82) is 0 Å². The van der Waals surface area contributed by atoms with Crippen molar-refractivity contribution in [3.8, 4) is 0 Å². The van der Waals surface area contributed by atoms with Gasteiger partial charge >= 0.3 is 0 Å². The van der Waals surface area contributed by atoms with E-state index >= 15 is 0 Å². The zero-order chi connectivity index (χ0) is 16.7. The minimum Gasteiger partial charge on any atom is -0.315 e. The van der Waals surface area contributed by atoms with Gasteiger partial charge in [0.05, 0.1) is 0 Å². The standard InChI is InChI=1S/C21H24N2/c1-14-9-16(3)20(17(4)10-14)22-7-8-23(13-22)21-18(5)11-15(2)12-19(21)6/h7-9,11-12H,3,10H2,1-2,4-6H3. The number of anilines is 1. The molecule has 2 heteroatoms. The van der Waals surface area contributed by atoms with Crippen LogP contribution in [0, 0.1) is 27.4 Å². The van der Waals surface area contributed by atoms with E-state index in [1.807, 2.05) is 0 Å². The number of nitrogens with zero attached hydrogens (tertiary/aromatic N) is 2. The SMILES string of the molecule is C=C1C=C(C)CC(C)=C1N1[C]N(c2c(C)cc(C)cc2C)C=C1. The maximum absolute atomic E-state index is 4.22. The lowest BCUT2D eigenvalue weighted by molar-refractivity contribution is 0.578. The van der Waals surface area contributed by atoms with Crippen LogP contribution in [-0.4, -0.2) is 4.90 Å². The highest BCUT2D eigenvalue weighted by Gasteiger charge is 2.25. The van der Waals surface area contributed by atoms with E-state index in [0.29, 0.717) is 0 Å². The zero-order valence-corrected chi connectivity index (χ0v) is 14.7. The van der Waals surface area contributed by atoms with E-state index < -0.39 is 0 Å². The van der Waals surface area contributed by atoms with Crippen LogP contribution in [0.25, 0.3) is 0 Å². The first-order valence-electron chi connectivity index (χ1n) is 8.04. The largest absolute Gasteiger partial charge is 0.315 e. The van der Waals surface area contributed by atoms with Crippen molar-refractivity contribution in [1.82, 2.24) is 4.90 Å². The molecule has 0 saturated heterocycles. The Morgan fingerprint density at radius 3 is 2.17 bits per heavy atom. The number of benzene rings is 1. The van der Waals surface area contributed by atoms with Crippen LogP contribution in [0.15, 0.2) is 59.6 Å². The normalized spacial score (nSPS) is 18.1. The summed E-state index contributed by atoms with van der Waals surface area (Å²) in [6.45, 7) is 18.5. The molecule has 2 nitrogen and oxygen atoms in total. The molecule has 1 aromatic carbocycles. The molecule has 3 rings (SSSR count). The second kappa shape index (κ2) is 5.77. The highest BCUT2D eigenvalue weighted by molar-refractivity contribution is 5.64. The molecule has 0 aromatic heterocycles. The fraction of sp³-hybridized carbons (Fsp3) is 0.286. The van der Waals surface area contributed by atoms with Gasteiger partial charge in [0.1, 0.15) is 0 Å². The van der Waals surface area contributed by atoms with Gasteiger partial charge in [0, 0.05) is 23.8 Å². The van der Waals surface area contributed by atoms with E-state index in [0.717, 1.165) is 17.7 Å². The van der Waals surface area contributed by atoms with Gasteiger partial charge in [-0.1, -0.05) is 35.9 Å². The van der Waals surface area contributed by atoms with Gasteiger partial charge in [-0.05, 0) is 63.3 Å². The predicted octanol–water partition coefficient (Wildman–Crippen LogP) is 5.38. The van der Waals surface area contributed by atoms with E-state index in [2.05, 4.69) is 88.3 Å². The van der Waals surface area contributed by atoms with E-state index in [1.54, 1.807) is 0 Å². The van der Waals surface area contributed by atoms with Gasteiger partial charge in [-0.3, -0.25) is 0 Å². The first kappa shape index (κ1) is 15.7. The van der Waals surface area contributed by atoms with Crippen LogP contribution in [0.4, 0.5) is 5.69 Å². The summed E-state index contributed by atoms with van der Waals surface area (Å²) in [5.74, 6) is 0. The molecule has 0 fully saturated rings. The van der Waals surface area contributed by atoms with Crippen molar-refractivity contribution >= 4 is 5.69 Å². The van der Waals surface area contributed by atoms with Crippen molar-refractivity contribution in [2.75, 3.05) is 4.90 Å². The van der Waals surface area contributed by atoms with Crippen LogP contribution in [0.1, 0.15) is 37.0 Å². The molecule has 23 heavy (non-hydrogen) atoms. The summed E-state index contributed by atoms with van der Waals surface area (Å²) in [5, 5.41) is 0. The fourth-order valence-electron chi connectivity index (χ4n) is 3.67. The molecule has 0 saturated carbocycles. The van der Waals surface area contributed by atoms with Gasteiger partial charge in [0.15, 0.2) is 0 Å². The number of rotatable bonds is 2. The summed E-state index contributed by atoms with van der Waals surface area (Å²) in [6, 6.07) is 4.44. The molecule has 2 radical (unpaired) electrons. The molecule has 2 aliphatic rings. The third-order valence-corrected chi connectivity index (χ3v) is 4.37. The first-order chi connectivity index (χ1) is 10.9. The van der Waals surface area contributed by atoms with E-state index in [-0.39, 0.29) is 0 Å². The second-order valence-corrected chi connectivity index (χ2v) is 6.71. The van der Waals surface area contributed by atoms with Gasteiger partial charge in [-0.25, -0.2) is 0 Å². The van der Waals surface area contributed by atoms with E-state index in [1.165, 1.54) is 33.5 Å². The van der Waals surface area contributed by atoms with Crippen molar-refractivity contribution in [3.63, 3.8) is 0 Å². The number of allylic oxidation sites excluding steroid dienone is 3. The maximum atomic E-state index is 4.22. The zero-order valence-electron chi connectivity index (χ0n) is 14.7. The smallest absolute Gasteiger partial charge is 0.217 e. The molecule has 0 bridgehead atoms. The molecule has 1 aliphatic carbocycles. The topological polar surface area (TPSA) is 6.48 Å². The summed E-state index contributed by atoms with van der Waals surface area (Å²) >= 11 is 0. The molecule has 0 N–H and O–H groups in total. The average molecular weight is 304 g/mol. The fourth-order valence-corrected chi connectivity index (χ4v) is 3.67. The van der Waals surface area contributed by atoms with Crippen LogP contribution in [0.3, 0.4) is 0 Å². The van der Waals surface area contributed by atoms with E-state index in [4.69, 9.17) is 0 Å². The minimum atomic E-state index is 1.00. The van der Waals surface area contributed by atoms with Crippen LogP contribution in [0.2, 0.25) is 0 Å². The molecule has 118 valence electrons. The Hall–Kier alpha value is -2.22. The van der Waals surface area contributed by atoms with Crippen molar-refractivity contribution < 1.29 is 0 Å². The van der Waals surface area contributed by atoms with Gasteiger partial charge < -0.3 is 9.80 Å². The van der Waals surface area contributed by atoms with Crippen LogP contribution >= 0.6 is 0 Å². The highest BCUT2D eigenvalue weighted by Crippen LogP contribution is 2.36. The molecule has 1 aliphatic heterocycles. The average Bonchev–Trinajstić information content (AvgIpc) is 2.85. The number of aryl methyl sites for hydroxylation is 3. The molecular weight excluding hydrogens is 280 g/mol. The summed E-state index contributed by atoms with van der Waals surface area (Å²) in [7, 11) is 0. The molecule has 0 unspecified atom stereocenters. The van der Waals surface area contributed by atoms with E-state index in [9.17, 15) is 0 Å². The first-order valence-corrected chi connectivity index (χ1v) is 8.04. The third-order valence-electron chi connectivity index (χ3n) is 4.37. The van der Waals surface area contributed by atoms with Gasteiger partial charge in [-0.15, -0.1) is 0 Å². The van der Waals surface area contributed by atoms with Crippen molar-refractivity contribution in [2.45, 2.75) is 41.0 Å². The highest BCUT2D eigenvalue weighted by atomic mass is 15.3. The Labute approximate surface area is 140 Å². The number of hydrogen-bond donors (Lipinski definition) is 0. The molecular formula is C21H24N2. The van der Waals surface area contributed by atoms with Gasteiger partial charge in [0.25, 0.3) is 0 Å². The Kier molecular flexibility index (Phi) is 3.93. The molecule has 1 aromatic rings. The van der Waals surface area contributed by atoms with Crippen LogP contribution < -0.4 is 4.90 Å². The summed E-state index contributed by atoms with van der Waals surface area (Å²) in [5.41, 5.74) is 9.97. The summed E-state index contributed by atoms with van der Waals surface area (Å²) in [6.07, 6.45) is 7.31. The Bertz CT molecular complexity index is 739. The summed E-state index contributed by atoms with van der Waals surface area (Å²) in [4.78, 5) is 4.15.